The van der Waals surface area contributed by atoms with Crippen LogP contribution in [0.3, 0.4) is 0 Å². The molecule has 1 saturated heterocycles. The zero-order chi connectivity index (χ0) is 12.8. The first-order chi connectivity index (χ1) is 8.74. The van der Waals surface area contributed by atoms with Crippen LogP contribution in [0.15, 0.2) is 4.52 Å². The second-order valence-corrected chi connectivity index (χ2v) is 4.86. The van der Waals surface area contributed by atoms with Crippen molar-refractivity contribution < 1.29 is 14.0 Å². The first-order valence-corrected chi connectivity index (χ1v) is 6.35. The summed E-state index contributed by atoms with van der Waals surface area (Å²) in [6, 6.07) is 0. The second kappa shape index (κ2) is 6.26. The molecule has 0 bridgehead atoms. The third-order valence-corrected chi connectivity index (χ3v) is 3.25. The molecule has 1 aromatic rings. The highest BCUT2D eigenvalue weighted by Gasteiger charge is 2.35. The minimum absolute atomic E-state index is 0.0117. The smallest absolute Gasteiger partial charge is 0.233 e. The van der Waals surface area contributed by atoms with Crippen molar-refractivity contribution in [3.63, 3.8) is 0 Å². The standard InChI is InChI=1S/C12H21N3O3/c1-12(4-5-13-9-12)11-14-10(15-18-11)3-6-17-8-7-16-2/h13H,3-9H2,1-2H3. The molecule has 1 aliphatic rings. The lowest BCUT2D eigenvalue weighted by Gasteiger charge is -2.15. The topological polar surface area (TPSA) is 69.4 Å². The number of ether oxygens (including phenoxy) is 2. The van der Waals surface area contributed by atoms with E-state index in [4.69, 9.17) is 14.0 Å². The molecule has 0 saturated carbocycles. The van der Waals surface area contributed by atoms with Gasteiger partial charge >= 0.3 is 0 Å². The Balaban J connectivity index is 1.79. The third-order valence-electron chi connectivity index (χ3n) is 3.25. The number of aromatic nitrogens is 2. The van der Waals surface area contributed by atoms with E-state index in [9.17, 15) is 0 Å². The highest BCUT2D eigenvalue weighted by Crippen LogP contribution is 2.28. The SMILES string of the molecule is COCCOCCc1noc(C2(C)CCNC2)n1. The zero-order valence-corrected chi connectivity index (χ0v) is 11.1. The minimum atomic E-state index is -0.0117. The molecule has 2 rings (SSSR count). The summed E-state index contributed by atoms with van der Waals surface area (Å²) >= 11 is 0. The number of hydrogen-bond acceptors (Lipinski definition) is 6. The van der Waals surface area contributed by atoms with Gasteiger partial charge in [-0.15, -0.1) is 0 Å². The van der Waals surface area contributed by atoms with Gasteiger partial charge in [-0.3, -0.25) is 0 Å². The molecular weight excluding hydrogens is 234 g/mol. The lowest BCUT2D eigenvalue weighted by Crippen LogP contribution is -2.25. The van der Waals surface area contributed by atoms with Crippen molar-refractivity contribution in [2.75, 3.05) is 40.0 Å². The number of nitrogens with zero attached hydrogens (tertiary/aromatic N) is 2. The highest BCUT2D eigenvalue weighted by molar-refractivity contribution is 5.07. The minimum Gasteiger partial charge on any atom is -0.382 e. The normalized spacial score (nSPS) is 23.7. The van der Waals surface area contributed by atoms with Crippen molar-refractivity contribution in [2.45, 2.75) is 25.2 Å². The van der Waals surface area contributed by atoms with Crippen molar-refractivity contribution in [1.29, 1.82) is 0 Å². The average Bonchev–Trinajstić information content (AvgIpc) is 2.99. The fourth-order valence-electron chi connectivity index (χ4n) is 2.01. The molecule has 0 aliphatic carbocycles. The summed E-state index contributed by atoms with van der Waals surface area (Å²) in [7, 11) is 1.66. The Kier molecular flexibility index (Phi) is 4.68. The summed E-state index contributed by atoms with van der Waals surface area (Å²) in [5.41, 5.74) is -0.0117. The quantitative estimate of drug-likeness (QED) is 0.717. The van der Waals surface area contributed by atoms with Crippen LogP contribution in [-0.4, -0.2) is 50.2 Å². The molecule has 0 spiro atoms. The number of nitrogens with one attached hydrogen (secondary N) is 1. The van der Waals surface area contributed by atoms with E-state index in [-0.39, 0.29) is 5.41 Å². The predicted octanol–water partition coefficient (Wildman–Crippen LogP) is 0.526. The molecule has 1 aliphatic heterocycles. The Labute approximate surface area is 107 Å². The van der Waals surface area contributed by atoms with Gasteiger partial charge in [0.25, 0.3) is 0 Å². The molecule has 1 N–H and O–H groups in total. The van der Waals surface area contributed by atoms with Crippen LogP contribution in [0.5, 0.6) is 0 Å². The van der Waals surface area contributed by atoms with Crippen molar-refractivity contribution in [3.8, 4) is 0 Å². The fraction of sp³-hybridized carbons (Fsp3) is 0.833. The Bertz CT molecular complexity index is 361. The lowest BCUT2D eigenvalue weighted by atomic mass is 9.90. The van der Waals surface area contributed by atoms with Crippen LogP contribution in [0, 0.1) is 0 Å². The van der Waals surface area contributed by atoms with Crippen molar-refractivity contribution in [2.24, 2.45) is 0 Å². The summed E-state index contributed by atoms with van der Waals surface area (Å²) in [4.78, 5) is 4.45. The van der Waals surface area contributed by atoms with Gasteiger partial charge in [-0.2, -0.15) is 4.98 Å². The molecule has 6 heteroatoms. The van der Waals surface area contributed by atoms with Gasteiger partial charge < -0.3 is 19.3 Å². The lowest BCUT2D eigenvalue weighted by molar-refractivity contribution is 0.0714. The van der Waals surface area contributed by atoms with Crippen LogP contribution in [0.2, 0.25) is 0 Å². The predicted molar refractivity (Wildman–Crippen MR) is 65.5 cm³/mol. The van der Waals surface area contributed by atoms with Gasteiger partial charge in [0.05, 0.1) is 25.2 Å². The van der Waals surface area contributed by atoms with E-state index < -0.39 is 0 Å². The van der Waals surface area contributed by atoms with Gasteiger partial charge in [-0.25, -0.2) is 0 Å². The van der Waals surface area contributed by atoms with Gasteiger partial charge in [0.2, 0.25) is 5.89 Å². The van der Waals surface area contributed by atoms with Gasteiger partial charge in [-0.05, 0) is 19.9 Å². The van der Waals surface area contributed by atoms with Crippen molar-refractivity contribution in [3.05, 3.63) is 11.7 Å². The molecule has 1 fully saturated rings. The maximum atomic E-state index is 5.38. The fourth-order valence-corrected chi connectivity index (χ4v) is 2.01. The van der Waals surface area contributed by atoms with Gasteiger partial charge in [0.1, 0.15) is 0 Å². The summed E-state index contributed by atoms with van der Waals surface area (Å²) in [6.45, 7) is 5.87. The van der Waals surface area contributed by atoms with E-state index in [1.165, 1.54) is 0 Å². The molecule has 0 aromatic carbocycles. The molecule has 18 heavy (non-hydrogen) atoms. The number of methoxy groups -OCH3 is 1. The molecule has 2 heterocycles. The van der Waals surface area contributed by atoms with E-state index in [1.807, 2.05) is 0 Å². The Morgan fingerprint density at radius 2 is 2.28 bits per heavy atom. The maximum Gasteiger partial charge on any atom is 0.233 e. The van der Waals surface area contributed by atoms with Crippen molar-refractivity contribution in [1.82, 2.24) is 15.5 Å². The molecular formula is C12H21N3O3. The Morgan fingerprint density at radius 1 is 1.39 bits per heavy atom. The summed E-state index contributed by atoms with van der Waals surface area (Å²) in [5.74, 6) is 1.45. The monoisotopic (exact) mass is 255 g/mol. The van der Waals surface area contributed by atoms with Crippen LogP contribution in [0.4, 0.5) is 0 Å². The zero-order valence-electron chi connectivity index (χ0n) is 11.1. The molecule has 102 valence electrons. The van der Waals surface area contributed by atoms with E-state index in [2.05, 4.69) is 22.4 Å². The first-order valence-electron chi connectivity index (χ1n) is 6.35. The molecule has 6 nitrogen and oxygen atoms in total. The van der Waals surface area contributed by atoms with Crippen LogP contribution in [0.1, 0.15) is 25.1 Å². The summed E-state index contributed by atoms with van der Waals surface area (Å²) < 4.78 is 15.6. The van der Waals surface area contributed by atoms with E-state index >= 15 is 0 Å². The number of rotatable bonds is 7. The molecule has 0 amide bonds. The first kappa shape index (κ1) is 13.5. The summed E-state index contributed by atoms with van der Waals surface area (Å²) in [6.07, 6.45) is 1.72. The Hall–Kier alpha value is -0.980. The second-order valence-electron chi connectivity index (χ2n) is 4.86. The average molecular weight is 255 g/mol. The number of hydrogen-bond donors (Lipinski definition) is 1. The third kappa shape index (κ3) is 3.28. The van der Waals surface area contributed by atoms with Gasteiger partial charge in [-0.1, -0.05) is 5.16 Å². The molecule has 0 radical (unpaired) electrons. The van der Waals surface area contributed by atoms with E-state index in [0.717, 1.165) is 31.2 Å². The maximum absolute atomic E-state index is 5.38. The largest absolute Gasteiger partial charge is 0.382 e. The molecule has 1 unspecified atom stereocenters. The van der Waals surface area contributed by atoms with Crippen LogP contribution < -0.4 is 5.32 Å². The van der Waals surface area contributed by atoms with Crippen LogP contribution >= 0.6 is 0 Å². The van der Waals surface area contributed by atoms with Crippen LogP contribution in [0.25, 0.3) is 0 Å². The van der Waals surface area contributed by atoms with Gasteiger partial charge in [0.15, 0.2) is 5.82 Å². The van der Waals surface area contributed by atoms with E-state index in [0.29, 0.717) is 26.2 Å². The van der Waals surface area contributed by atoms with Crippen LogP contribution in [-0.2, 0) is 21.3 Å². The van der Waals surface area contributed by atoms with E-state index in [1.54, 1.807) is 7.11 Å². The molecule has 1 atom stereocenters. The summed E-state index contributed by atoms with van der Waals surface area (Å²) in [5, 5.41) is 7.32. The molecule has 1 aromatic heterocycles. The Morgan fingerprint density at radius 3 is 3.00 bits per heavy atom. The highest BCUT2D eigenvalue weighted by atomic mass is 16.5. The van der Waals surface area contributed by atoms with Crippen molar-refractivity contribution >= 4 is 0 Å². The van der Waals surface area contributed by atoms with Gasteiger partial charge in [0, 0.05) is 20.1 Å².